The van der Waals surface area contributed by atoms with Crippen LogP contribution in [0.3, 0.4) is 0 Å². The van der Waals surface area contributed by atoms with Crippen LogP contribution in [0.25, 0.3) is 0 Å². The number of carboxylic acids is 1. The molecule has 0 radical (unpaired) electrons. The van der Waals surface area contributed by atoms with E-state index in [1.54, 1.807) is 0 Å². The number of carbonyl (C=O) groups is 3. The maximum Gasteiger partial charge on any atom is 0.334 e. The van der Waals surface area contributed by atoms with Gasteiger partial charge in [0.05, 0.1) is 12.1 Å². The Morgan fingerprint density at radius 2 is 1.87 bits per heavy atom. The van der Waals surface area contributed by atoms with Crippen LogP contribution in [0.5, 0.6) is 0 Å². The lowest BCUT2D eigenvalue weighted by atomic mass is 9.86. The first kappa shape index (κ1) is 17.8. The summed E-state index contributed by atoms with van der Waals surface area (Å²) in [6, 6.07) is -1.56. The molecule has 0 bridgehead atoms. The van der Waals surface area contributed by atoms with Crippen molar-refractivity contribution in [3.63, 3.8) is 0 Å². The minimum absolute atomic E-state index is 0.0480. The number of amides is 1. The highest BCUT2D eigenvalue weighted by molar-refractivity contribution is 6.11. The Balaban J connectivity index is 2.27. The molecule has 1 amide bonds. The van der Waals surface area contributed by atoms with Gasteiger partial charge in [0.15, 0.2) is 5.78 Å². The second kappa shape index (κ2) is 6.54. The van der Waals surface area contributed by atoms with E-state index in [4.69, 9.17) is 5.73 Å². The third-order valence-corrected chi connectivity index (χ3v) is 4.95. The summed E-state index contributed by atoms with van der Waals surface area (Å²) in [6.07, 6.45) is 1.49. The zero-order chi connectivity index (χ0) is 17.4. The Bertz CT molecular complexity index is 509. The van der Waals surface area contributed by atoms with Crippen LogP contribution in [-0.2, 0) is 14.4 Å². The molecule has 3 atom stereocenters. The van der Waals surface area contributed by atoms with Gasteiger partial charge in [0.2, 0.25) is 11.4 Å². The molecule has 2 aliphatic rings. The Morgan fingerprint density at radius 1 is 1.22 bits per heavy atom. The van der Waals surface area contributed by atoms with Crippen molar-refractivity contribution in [2.45, 2.75) is 57.2 Å². The lowest BCUT2D eigenvalue weighted by Gasteiger charge is -2.35. The third kappa shape index (κ3) is 2.86. The zero-order valence-corrected chi connectivity index (χ0v) is 13.6. The molecule has 0 saturated carbocycles. The van der Waals surface area contributed by atoms with E-state index in [0.717, 1.165) is 0 Å². The molecule has 2 rings (SSSR count). The number of rotatable bonds is 5. The van der Waals surface area contributed by atoms with Crippen molar-refractivity contribution in [3.05, 3.63) is 0 Å². The van der Waals surface area contributed by atoms with Gasteiger partial charge in [-0.1, -0.05) is 13.8 Å². The van der Waals surface area contributed by atoms with Gasteiger partial charge in [-0.2, -0.15) is 5.06 Å². The summed E-state index contributed by atoms with van der Waals surface area (Å²) in [5.41, 5.74) is 3.95. The number of ketones is 1. The van der Waals surface area contributed by atoms with Crippen molar-refractivity contribution in [2.75, 3.05) is 13.1 Å². The highest BCUT2D eigenvalue weighted by atomic mass is 16.5. The summed E-state index contributed by atoms with van der Waals surface area (Å²) in [7, 11) is 0. The van der Waals surface area contributed by atoms with Crippen molar-refractivity contribution < 1.29 is 24.7 Å². The lowest BCUT2D eigenvalue weighted by molar-refractivity contribution is -0.190. The first-order valence-corrected chi connectivity index (χ1v) is 8.03. The quantitative estimate of drug-likeness (QED) is 0.599. The number of nitrogens with two attached hydrogens (primary N) is 1. The number of Topliss-reactive ketones (excluding diaryl/α,β-unsaturated/α-hetero) is 1. The maximum atomic E-state index is 12.9. The van der Waals surface area contributed by atoms with E-state index in [1.807, 2.05) is 13.8 Å². The van der Waals surface area contributed by atoms with E-state index in [0.29, 0.717) is 30.9 Å². The average Bonchev–Trinajstić information content (AvgIpc) is 3.11. The van der Waals surface area contributed by atoms with Gasteiger partial charge in [-0.3, -0.25) is 9.59 Å². The second-order valence-corrected chi connectivity index (χ2v) is 6.72. The van der Waals surface area contributed by atoms with Crippen LogP contribution in [0.4, 0.5) is 0 Å². The van der Waals surface area contributed by atoms with E-state index in [1.165, 1.54) is 4.90 Å². The van der Waals surface area contributed by atoms with E-state index in [2.05, 4.69) is 0 Å². The standard InChI is InChI=1S/C15H25N3O5/c1-9(2)11(16)13(20)17-7-3-5-10(17)12(19)15(14(21)22)6-4-8-18(15)23/h9-11,23H,3-8,16H2,1-2H3,(H,21,22)/t10-,11-,15+/m0/s1. The van der Waals surface area contributed by atoms with Crippen LogP contribution in [0.1, 0.15) is 39.5 Å². The predicted molar refractivity (Wildman–Crippen MR) is 80.6 cm³/mol. The van der Waals surface area contributed by atoms with Crippen LogP contribution >= 0.6 is 0 Å². The molecule has 0 aromatic heterocycles. The van der Waals surface area contributed by atoms with Crippen molar-refractivity contribution in [3.8, 4) is 0 Å². The van der Waals surface area contributed by atoms with E-state index < -0.39 is 29.4 Å². The lowest BCUT2D eigenvalue weighted by Crippen LogP contribution is -2.62. The number of likely N-dealkylation sites (tertiary alicyclic amines) is 1. The van der Waals surface area contributed by atoms with Gasteiger partial charge >= 0.3 is 5.97 Å². The van der Waals surface area contributed by atoms with Crippen LogP contribution in [0.15, 0.2) is 0 Å². The van der Waals surface area contributed by atoms with Gasteiger partial charge in [0.25, 0.3) is 0 Å². The number of hydroxylamine groups is 2. The zero-order valence-electron chi connectivity index (χ0n) is 13.6. The predicted octanol–water partition coefficient (Wildman–Crippen LogP) is -0.162. The van der Waals surface area contributed by atoms with Gasteiger partial charge < -0.3 is 20.9 Å². The summed E-state index contributed by atoms with van der Waals surface area (Å²) < 4.78 is 0. The van der Waals surface area contributed by atoms with Crippen molar-refractivity contribution >= 4 is 17.7 Å². The Hall–Kier alpha value is -1.51. The maximum absolute atomic E-state index is 12.9. The van der Waals surface area contributed by atoms with E-state index in [9.17, 15) is 24.7 Å². The molecular weight excluding hydrogens is 302 g/mol. The van der Waals surface area contributed by atoms with Gasteiger partial charge in [0, 0.05) is 13.1 Å². The largest absolute Gasteiger partial charge is 0.479 e. The molecular formula is C15H25N3O5. The Labute approximate surface area is 135 Å². The summed E-state index contributed by atoms with van der Waals surface area (Å²) >= 11 is 0. The molecule has 2 saturated heterocycles. The molecule has 8 heteroatoms. The molecule has 8 nitrogen and oxygen atoms in total. The third-order valence-electron chi connectivity index (χ3n) is 4.95. The highest BCUT2D eigenvalue weighted by Crippen LogP contribution is 2.34. The van der Waals surface area contributed by atoms with Crippen molar-refractivity contribution in [1.29, 1.82) is 0 Å². The molecule has 0 spiro atoms. The van der Waals surface area contributed by atoms with Gasteiger partial charge in [-0.25, -0.2) is 4.79 Å². The molecule has 2 aliphatic heterocycles. The van der Waals surface area contributed by atoms with Gasteiger partial charge in [0.1, 0.15) is 0 Å². The van der Waals surface area contributed by atoms with Crippen LogP contribution in [0, 0.1) is 5.92 Å². The summed E-state index contributed by atoms with van der Waals surface area (Å²) in [5, 5.41) is 20.1. The molecule has 0 aromatic rings. The number of hydrogen-bond donors (Lipinski definition) is 3. The fourth-order valence-electron chi connectivity index (χ4n) is 3.43. The molecule has 0 unspecified atom stereocenters. The van der Waals surface area contributed by atoms with Crippen molar-refractivity contribution in [1.82, 2.24) is 9.96 Å². The van der Waals surface area contributed by atoms with Gasteiger partial charge in [-0.05, 0) is 31.6 Å². The Kier molecular flexibility index (Phi) is 5.07. The normalized spacial score (nSPS) is 30.0. The second-order valence-electron chi connectivity index (χ2n) is 6.72. The number of carbonyl (C=O) groups excluding carboxylic acids is 2. The summed E-state index contributed by atoms with van der Waals surface area (Å²) in [6.45, 7) is 4.16. The van der Waals surface area contributed by atoms with Crippen molar-refractivity contribution in [2.24, 2.45) is 11.7 Å². The molecule has 130 valence electrons. The number of carboxylic acid groups (broad SMARTS) is 1. The molecule has 0 aromatic carbocycles. The highest BCUT2D eigenvalue weighted by Gasteiger charge is 2.57. The monoisotopic (exact) mass is 327 g/mol. The molecule has 23 heavy (non-hydrogen) atoms. The minimum atomic E-state index is -1.95. The average molecular weight is 327 g/mol. The first-order valence-electron chi connectivity index (χ1n) is 8.03. The van der Waals surface area contributed by atoms with E-state index in [-0.39, 0.29) is 24.8 Å². The van der Waals surface area contributed by atoms with E-state index >= 15 is 0 Å². The van der Waals surface area contributed by atoms with Crippen LogP contribution in [-0.4, -0.2) is 68.6 Å². The van der Waals surface area contributed by atoms with Gasteiger partial charge in [-0.15, -0.1) is 0 Å². The molecule has 0 aliphatic carbocycles. The fourth-order valence-corrected chi connectivity index (χ4v) is 3.43. The topological polar surface area (TPSA) is 124 Å². The molecule has 4 N–H and O–H groups in total. The SMILES string of the molecule is CC(C)[C@H](N)C(=O)N1CCC[C@H]1C(=O)[C@@]1(C(=O)O)CCCN1O. The minimum Gasteiger partial charge on any atom is -0.479 e. The van der Waals surface area contributed by atoms with Crippen LogP contribution < -0.4 is 5.73 Å². The number of nitrogens with zero attached hydrogens (tertiary/aromatic N) is 2. The molecule has 2 heterocycles. The smallest absolute Gasteiger partial charge is 0.334 e. The Morgan fingerprint density at radius 3 is 2.35 bits per heavy atom. The first-order chi connectivity index (χ1) is 10.7. The molecule has 2 fully saturated rings. The summed E-state index contributed by atoms with van der Waals surface area (Å²) in [5.74, 6) is -2.39. The number of hydrogen-bond acceptors (Lipinski definition) is 6. The fraction of sp³-hybridized carbons (Fsp3) is 0.800. The summed E-state index contributed by atoms with van der Waals surface area (Å²) in [4.78, 5) is 38.5. The van der Waals surface area contributed by atoms with Crippen LogP contribution in [0.2, 0.25) is 0 Å². The number of aliphatic carboxylic acids is 1.